The van der Waals surface area contributed by atoms with Gasteiger partial charge in [0.05, 0.1) is 12.3 Å². The summed E-state index contributed by atoms with van der Waals surface area (Å²) in [5, 5.41) is 0.390. The Morgan fingerprint density at radius 3 is 2.26 bits per heavy atom. The molecule has 0 N–H and O–H groups in total. The number of nitrogens with zero attached hydrogens (tertiary/aromatic N) is 2. The van der Waals surface area contributed by atoms with Crippen LogP contribution in [0.15, 0.2) is 60.7 Å². The molecular formula is C24H24ClF3N2O4S. The number of benzene rings is 2. The zero-order valence-electron chi connectivity index (χ0n) is 19.2. The van der Waals surface area contributed by atoms with Gasteiger partial charge in [-0.05, 0) is 36.2 Å². The standard InChI is InChI=1S/C24H24ClF3N2O4S/c1-16(15-35(3,32)33)29(2)23(31)34-22-20(18-9-11-19(25)12-10-18)13-21(24(26,27)28)30(22)14-17-7-5-4-6-8-17/h4-13,16H,14-15H2,1-3H3. The van der Waals surface area contributed by atoms with E-state index in [1.165, 1.54) is 38.2 Å². The Morgan fingerprint density at radius 1 is 1.11 bits per heavy atom. The topological polar surface area (TPSA) is 68.6 Å². The lowest BCUT2D eigenvalue weighted by Gasteiger charge is -2.24. The van der Waals surface area contributed by atoms with Gasteiger partial charge in [0.2, 0.25) is 5.88 Å². The SMILES string of the molecule is CC(CS(C)(=O)=O)N(C)C(=O)Oc1c(-c2ccc(Cl)cc2)cc(C(F)(F)F)n1Cc1ccccc1. The van der Waals surface area contributed by atoms with Crippen molar-refractivity contribution in [2.24, 2.45) is 0 Å². The minimum atomic E-state index is -4.74. The van der Waals surface area contributed by atoms with Gasteiger partial charge in [0, 0.05) is 29.9 Å². The lowest BCUT2D eigenvalue weighted by molar-refractivity contribution is -0.143. The molecule has 1 heterocycles. The maximum Gasteiger partial charge on any atom is 0.431 e. The molecule has 2 aromatic carbocycles. The van der Waals surface area contributed by atoms with E-state index in [1.807, 2.05) is 0 Å². The van der Waals surface area contributed by atoms with Crippen molar-refractivity contribution in [3.63, 3.8) is 0 Å². The molecule has 0 radical (unpaired) electrons. The van der Waals surface area contributed by atoms with Crippen LogP contribution in [0.25, 0.3) is 11.1 Å². The summed E-state index contributed by atoms with van der Waals surface area (Å²) < 4.78 is 71.9. The number of aromatic nitrogens is 1. The second-order valence-corrected chi connectivity index (χ2v) is 10.9. The van der Waals surface area contributed by atoms with E-state index in [1.54, 1.807) is 30.3 Å². The second kappa shape index (κ2) is 10.3. The van der Waals surface area contributed by atoms with Crippen LogP contribution in [0, 0.1) is 0 Å². The first-order valence-electron chi connectivity index (χ1n) is 10.5. The van der Waals surface area contributed by atoms with Gasteiger partial charge in [-0.25, -0.2) is 13.2 Å². The third-order valence-corrected chi connectivity index (χ3v) is 6.69. The zero-order valence-corrected chi connectivity index (χ0v) is 20.8. The van der Waals surface area contributed by atoms with Gasteiger partial charge in [-0.3, -0.25) is 0 Å². The molecule has 1 atom stereocenters. The lowest BCUT2D eigenvalue weighted by Crippen LogP contribution is -2.41. The fourth-order valence-electron chi connectivity index (χ4n) is 3.52. The molecule has 0 spiro atoms. The number of hydrogen-bond donors (Lipinski definition) is 0. The molecular weight excluding hydrogens is 505 g/mol. The highest BCUT2D eigenvalue weighted by Gasteiger charge is 2.38. The number of rotatable bonds is 7. The van der Waals surface area contributed by atoms with Crippen LogP contribution < -0.4 is 4.74 Å². The van der Waals surface area contributed by atoms with Crippen LogP contribution in [0.3, 0.4) is 0 Å². The van der Waals surface area contributed by atoms with Crippen molar-refractivity contribution in [1.82, 2.24) is 9.47 Å². The summed E-state index contributed by atoms with van der Waals surface area (Å²) in [6, 6.07) is 14.7. The maximum atomic E-state index is 14.1. The summed E-state index contributed by atoms with van der Waals surface area (Å²) in [5.74, 6) is -0.645. The minimum Gasteiger partial charge on any atom is -0.392 e. The Kier molecular flexibility index (Phi) is 7.86. The Balaban J connectivity index is 2.12. The first-order valence-corrected chi connectivity index (χ1v) is 12.9. The third-order valence-electron chi connectivity index (χ3n) is 5.35. The number of hydrogen-bond acceptors (Lipinski definition) is 4. The predicted octanol–water partition coefficient (Wildman–Crippen LogP) is 5.74. The summed E-state index contributed by atoms with van der Waals surface area (Å²) in [6.45, 7) is 1.29. The summed E-state index contributed by atoms with van der Waals surface area (Å²) in [6.07, 6.45) is -4.70. The van der Waals surface area contributed by atoms with E-state index in [0.717, 1.165) is 21.8 Å². The summed E-state index contributed by atoms with van der Waals surface area (Å²) >= 11 is 5.94. The first-order chi connectivity index (χ1) is 16.3. The third kappa shape index (κ3) is 6.79. The Hall–Kier alpha value is -2.98. The van der Waals surface area contributed by atoms with Gasteiger partial charge >= 0.3 is 12.3 Å². The monoisotopic (exact) mass is 528 g/mol. The van der Waals surface area contributed by atoms with E-state index in [-0.39, 0.29) is 23.7 Å². The molecule has 0 saturated heterocycles. The Morgan fingerprint density at radius 2 is 1.71 bits per heavy atom. The quantitative estimate of drug-likeness (QED) is 0.392. The van der Waals surface area contributed by atoms with Crippen LogP contribution in [0.4, 0.5) is 18.0 Å². The molecule has 35 heavy (non-hydrogen) atoms. The van der Waals surface area contributed by atoms with Crippen LogP contribution in [-0.2, 0) is 22.6 Å². The number of sulfone groups is 1. The van der Waals surface area contributed by atoms with Crippen LogP contribution in [-0.4, -0.2) is 49.1 Å². The van der Waals surface area contributed by atoms with Gasteiger partial charge in [0.1, 0.15) is 15.5 Å². The molecule has 0 aliphatic heterocycles. The van der Waals surface area contributed by atoms with Crippen molar-refractivity contribution in [1.29, 1.82) is 0 Å². The van der Waals surface area contributed by atoms with Gasteiger partial charge in [-0.15, -0.1) is 0 Å². The van der Waals surface area contributed by atoms with Gasteiger partial charge in [0.15, 0.2) is 0 Å². The summed E-state index contributed by atoms with van der Waals surface area (Å²) in [5.41, 5.74) is -0.0305. The zero-order chi connectivity index (χ0) is 26.0. The number of amides is 1. The van der Waals surface area contributed by atoms with Gasteiger partial charge < -0.3 is 14.2 Å². The number of carbonyl (C=O) groups is 1. The predicted molar refractivity (Wildman–Crippen MR) is 128 cm³/mol. The Bertz CT molecular complexity index is 1290. The van der Waals surface area contributed by atoms with Gasteiger partial charge in [0.25, 0.3) is 0 Å². The maximum absolute atomic E-state index is 14.1. The highest BCUT2D eigenvalue weighted by molar-refractivity contribution is 7.90. The molecule has 0 fully saturated rings. The molecule has 1 unspecified atom stereocenters. The molecule has 0 aliphatic carbocycles. The normalized spacial score (nSPS) is 12.9. The van der Waals surface area contributed by atoms with Crippen LogP contribution >= 0.6 is 11.6 Å². The molecule has 0 aliphatic rings. The summed E-state index contributed by atoms with van der Waals surface area (Å²) in [7, 11) is -2.08. The van der Waals surface area contributed by atoms with Crippen molar-refractivity contribution in [3.8, 4) is 17.0 Å². The van der Waals surface area contributed by atoms with E-state index < -0.39 is 33.8 Å². The van der Waals surface area contributed by atoms with E-state index >= 15 is 0 Å². The first kappa shape index (κ1) is 26.6. The van der Waals surface area contributed by atoms with Crippen molar-refractivity contribution in [3.05, 3.63) is 76.9 Å². The van der Waals surface area contributed by atoms with E-state index in [0.29, 0.717) is 16.1 Å². The lowest BCUT2D eigenvalue weighted by atomic mass is 10.1. The van der Waals surface area contributed by atoms with Crippen molar-refractivity contribution >= 4 is 27.5 Å². The molecule has 6 nitrogen and oxygen atoms in total. The van der Waals surface area contributed by atoms with Crippen LogP contribution in [0.2, 0.25) is 5.02 Å². The van der Waals surface area contributed by atoms with Crippen molar-refractivity contribution in [2.45, 2.75) is 25.7 Å². The number of ether oxygens (including phenoxy) is 1. The number of halogens is 4. The van der Waals surface area contributed by atoms with Crippen LogP contribution in [0.1, 0.15) is 18.2 Å². The Labute approximate surface area is 206 Å². The van der Waals surface area contributed by atoms with Crippen molar-refractivity contribution in [2.75, 3.05) is 19.1 Å². The molecule has 3 aromatic rings. The average molecular weight is 529 g/mol. The molecule has 11 heteroatoms. The molecule has 1 aromatic heterocycles. The molecule has 0 saturated carbocycles. The average Bonchev–Trinajstić information content (AvgIpc) is 3.11. The van der Waals surface area contributed by atoms with Crippen LogP contribution in [0.5, 0.6) is 5.88 Å². The highest BCUT2D eigenvalue weighted by Crippen LogP contribution is 2.41. The largest absolute Gasteiger partial charge is 0.431 e. The van der Waals surface area contributed by atoms with E-state index in [9.17, 15) is 26.4 Å². The number of carbonyl (C=O) groups excluding carboxylic acids is 1. The fourth-order valence-corrected chi connectivity index (χ4v) is 4.75. The molecule has 3 rings (SSSR count). The molecule has 188 valence electrons. The molecule has 1 amide bonds. The second-order valence-electron chi connectivity index (χ2n) is 8.25. The van der Waals surface area contributed by atoms with Gasteiger partial charge in [-0.1, -0.05) is 54.1 Å². The smallest absolute Gasteiger partial charge is 0.392 e. The minimum absolute atomic E-state index is 0.0439. The fraction of sp³-hybridized carbons (Fsp3) is 0.292. The van der Waals surface area contributed by atoms with Gasteiger partial charge in [-0.2, -0.15) is 13.2 Å². The van der Waals surface area contributed by atoms with E-state index in [4.69, 9.17) is 16.3 Å². The summed E-state index contributed by atoms with van der Waals surface area (Å²) in [4.78, 5) is 14.0. The van der Waals surface area contributed by atoms with Crippen molar-refractivity contribution < 1.29 is 31.1 Å². The highest BCUT2D eigenvalue weighted by atomic mass is 35.5. The van der Waals surface area contributed by atoms with E-state index in [2.05, 4.69) is 0 Å². The number of alkyl halides is 3. The molecule has 0 bridgehead atoms.